The summed E-state index contributed by atoms with van der Waals surface area (Å²) in [7, 11) is 1.63. The highest BCUT2D eigenvalue weighted by Gasteiger charge is 2.16. The van der Waals surface area contributed by atoms with E-state index < -0.39 is 0 Å². The van der Waals surface area contributed by atoms with E-state index in [9.17, 15) is 4.79 Å². The maximum absolute atomic E-state index is 11.5. The minimum atomic E-state index is 0. The van der Waals surface area contributed by atoms with Crippen LogP contribution < -0.4 is 10.6 Å². The van der Waals surface area contributed by atoms with Gasteiger partial charge in [0.2, 0.25) is 5.91 Å². The van der Waals surface area contributed by atoms with E-state index >= 15 is 0 Å². The second-order valence-corrected chi connectivity index (χ2v) is 3.89. The third-order valence-corrected chi connectivity index (χ3v) is 2.43. The van der Waals surface area contributed by atoms with Gasteiger partial charge in [-0.2, -0.15) is 0 Å². The number of methoxy groups -OCH3 is 1. The van der Waals surface area contributed by atoms with Gasteiger partial charge in [-0.3, -0.25) is 4.79 Å². The molecule has 0 bridgehead atoms. The summed E-state index contributed by atoms with van der Waals surface area (Å²) in [4.78, 5) is 11.5. The Morgan fingerprint density at radius 1 is 1.44 bits per heavy atom. The van der Waals surface area contributed by atoms with Crippen LogP contribution in [0.4, 0.5) is 0 Å². The van der Waals surface area contributed by atoms with Crippen LogP contribution >= 0.6 is 12.4 Å². The summed E-state index contributed by atoms with van der Waals surface area (Å²) in [6, 6.07) is 0.137. The normalized spacial score (nSPS) is 19.1. The highest BCUT2D eigenvalue weighted by atomic mass is 35.5. The Morgan fingerprint density at radius 3 is 2.94 bits per heavy atom. The summed E-state index contributed by atoms with van der Waals surface area (Å²) in [5.41, 5.74) is 0. The van der Waals surface area contributed by atoms with Gasteiger partial charge in [-0.15, -0.1) is 12.4 Å². The molecule has 6 nitrogen and oxygen atoms in total. The van der Waals surface area contributed by atoms with Crippen molar-refractivity contribution in [2.24, 2.45) is 0 Å². The number of hydrogen-bond acceptors (Lipinski definition) is 5. The van der Waals surface area contributed by atoms with Crippen LogP contribution in [0.15, 0.2) is 0 Å². The molecular weight excluding hydrogens is 260 g/mol. The molecule has 1 amide bonds. The molecular formula is C11H23ClN2O4. The number of carbonyl (C=O) groups is 1. The standard InChI is InChI=1S/C11H22N2O4.ClH/c1-15-6-7-16-4-3-13-11(14)8-10-9-17-5-2-12-10;/h10,12H,2-9H2,1H3,(H,13,14);1H. The first-order valence-corrected chi connectivity index (χ1v) is 5.97. The average molecular weight is 283 g/mol. The third-order valence-electron chi connectivity index (χ3n) is 2.43. The zero-order valence-electron chi connectivity index (χ0n) is 10.8. The van der Waals surface area contributed by atoms with Crippen LogP contribution in [-0.4, -0.2) is 65.2 Å². The minimum absolute atomic E-state index is 0. The molecule has 1 aliphatic heterocycles. The third kappa shape index (κ3) is 8.66. The zero-order chi connectivity index (χ0) is 12.3. The Labute approximate surface area is 114 Å². The van der Waals surface area contributed by atoms with Gasteiger partial charge in [-0.25, -0.2) is 0 Å². The number of hydrogen-bond donors (Lipinski definition) is 2. The Hall–Kier alpha value is -0.400. The molecule has 1 rings (SSSR count). The van der Waals surface area contributed by atoms with Crippen LogP contribution in [0.1, 0.15) is 6.42 Å². The molecule has 18 heavy (non-hydrogen) atoms. The van der Waals surface area contributed by atoms with Gasteiger partial charge < -0.3 is 24.8 Å². The van der Waals surface area contributed by atoms with Gasteiger partial charge in [0.25, 0.3) is 0 Å². The largest absolute Gasteiger partial charge is 0.382 e. The Bertz CT molecular complexity index is 213. The molecule has 1 heterocycles. The van der Waals surface area contributed by atoms with E-state index in [0.29, 0.717) is 39.4 Å². The van der Waals surface area contributed by atoms with Gasteiger partial charge in [0.1, 0.15) is 0 Å². The van der Waals surface area contributed by atoms with Crippen LogP contribution in [0.25, 0.3) is 0 Å². The topological polar surface area (TPSA) is 68.8 Å². The molecule has 1 atom stereocenters. The summed E-state index contributed by atoms with van der Waals surface area (Å²) in [6.07, 6.45) is 0.456. The first kappa shape index (κ1) is 17.6. The van der Waals surface area contributed by atoms with E-state index in [2.05, 4.69) is 10.6 Å². The van der Waals surface area contributed by atoms with Crippen LogP contribution in [0.3, 0.4) is 0 Å². The van der Waals surface area contributed by atoms with Gasteiger partial charge in [-0.05, 0) is 0 Å². The molecule has 0 aromatic heterocycles. The quantitative estimate of drug-likeness (QED) is 0.591. The van der Waals surface area contributed by atoms with E-state index in [0.717, 1.165) is 13.2 Å². The number of nitrogens with one attached hydrogen (secondary N) is 2. The van der Waals surface area contributed by atoms with Gasteiger partial charge >= 0.3 is 0 Å². The fourth-order valence-corrected chi connectivity index (χ4v) is 1.55. The molecule has 108 valence electrons. The lowest BCUT2D eigenvalue weighted by Gasteiger charge is -2.23. The van der Waals surface area contributed by atoms with Crippen molar-refractivity contribution in [3.05, 3.63) is 0 Å². The summed E-state index contributed by atoms with van der Waals surface area (Å²) < 4.78 is 15.3. The highest BCUT2D eigenvalue weighted by Crippen LogP contribution is 1.97. The molecule has 7 heteroatoms. The molecule has 1 saturated heterocycles. The fraction of sp³-hybridized carbons (Fsp3) is 0.909. The zero-order valence-corrected chi connectivity index (χ0v) is 11.6. The molecule has 0 spiro atoms. The van der Waals surface area contributed by atoms with Gasteiger partial charge in [0.15, 0.2) is 0 Å². The second-order valence-electron chi connectivity index (χ2n) is 3.89. The molecule has 2 N–H and O–H groups in total. The van der Waals surface area contributed by atoms with Crippen molar-refractivity contribution in [2.45, 2.75) is 12.5 Å². The number of morpholine rings is 1. The lowest BCUT2D eigenvalue weighted by atomic mass is 10.2. The molecule has 0 saturated carbocycles. The van der Waals surface area contributed by atoms with E-state index in [-0.39, 0.29) is 24.4 Å². The van der Waals surface area contributed by atoms with E-state index in [1.807, 2.05) is 0 Å². The molecule has 1 unspecified atom stereocenters. The monoisotopic (exact) mass is 282 g/mol. The first-order chi connectivity index (χ1) is 8.33. The lowest BCUT2D eigenvalue weighted by Crippen LogP contribution is -2.44. The maximum atomic E-state index is 11.5. The van der Waals surface area contributed by atoms with Crippen molar-refractivity contribution in [2.75, 3.05) is 53.2 Å². The van der Waals surface area contributed by atoms with Crippen LogP contribution in [-0.2, 0) is 19.0 Å². The molecule has 1 fully saturated rings. The molecule has 1 aliphatic rings. The maximum Gasteiger partial charge on any atom is 0.221 e. The smallest absolute Gasteiger partial charge is 0.221 e. The number of halogens is 1. The molecule has 0 aromatic carbocycles. The van der Waals surface area contributed by atoms with E-state index in [1.165, 1.54) is 0 Å². The van der Waals surface area contributed by atoms with Gasteiger partial charge in [0.05, 0.1) is 33.0 Å². The van der Waals surface area contributed by atoms with Gasteiger partial charge in [-0.1, -0.05) is 0 Å². The second kappa shape index (κ2) is 11.7. The Balaban J connectivity index is 0.00000289. The minimum Gasteiger partial charge on any atom is -0.382 e. The van der Waals surface area contributed by atoms with Crippen molar-refractivity contribution >= 4 is 18.3 Å². The summed E-state index contributed by atoms with van der Waals surface area (Å²) in [5, 5.41) is 6.04. The van der Waals surface area contributed by atoms with Gasteiger partial charge in [0, 0.05) is 32.7 Å². The van der Waals surface area contributed by atoms with Crippen molar-refractivity contribution in [3.8, 4) is 0 Å². The predicted octanol–water partition coefficient (Wildman–Crippen LogP) is -0.434. The van der Waals surface area contributed by atoms with Crippen molar-refractivity contribution in [1.82, 2.24) is 10.6 Å². The number of rotatable bonds is 8. The summed E-state index contributed by atoms with van der Waals surface area (Å²) >= 11 is 0. The van der Waals surface area contributed by atoms with Crippen molar-refractivity contribution in [3.63, 3.8) is 0 Å². The number of amides is 1. The number of carbonyl (C=O) groups excluding carboxylic acids is 1. The van der Waals surface area contributed by atoms with Crippen molar-refractivity contribution < 1.29 is 19.0 Å². The Kier molecular flexibility index (Phi) is 11.4. The highest BCUT2D eigenvalue weighted by molar-refractivity contribution is 5.85. The average Bonchev–Trinajstić information content (AvgIpc) is 2.35. The summed E-state index contributed by atoms with van der Waals surface area (Å²) in [6.45, 7) is 4.35. The fourth-order valence-electron chi connectivity index (χ4n) is 1.55. The van der Waals surface area contributed by atoms with E-state index in [1.54, 1.807) is 7.11 Å². The summed E-state index contributed by atoms with van der Waals surface area (Å²) in [5.74, 6) is 0.0309. The first-order valence-electron chi connectivity index (χ1n) is 5.97. The van der Waals surface area contributed by atoms with E-state index in [4.69, 9.17) is 14.2 Å². The van der Waals surface area contributed by atoms with Crippen LogP contribution in [0.5, 0.6) is 0 Å². The predicted molar refractivity (Wildman–Crippen MR) is 70.2 cm³/mol. The van der Waals surface area contributed by atoms with Crippen LogP contribution in [0.2, 0.25) is 0 Å². The Morgan fingerprint density at radius 2 is 2.28 bits per heavy atom. The van der Waals surface area contributed by atoms with Crippen LogP contribution in [0, 0.1) is 0 Å². The lowest BCUT2D eigenvalue weighted by molar-refractivity contribution is -0.122. The SMILES string of the molecule is COCCOCCNC(=O)CC1COCCN1.Cl. The number of ether oxygens (including phenoxy) is 3. The molecule has 0 aromatic rings. The molecule has 0 aliphatic carbocycles. The molecule has 0 radical (unpaired) electrons. The van der Waals surface area contributed by atoms with Crippen molar-refractivity contribution in [1.29, 1.82) is 0 Å².